The SMILES string of the molecule is CCNC(=O)C(C)N(Cc1ccc(C)cc1)C(=O)CN(c1ccc(Cl)cc1)S(C)(=O)=O. The molecule has 31 heavy (non-hydrogen) atoms. The Labute approximate surface area is 189 Å². The van der Waals surface area contributed by atoms with Gasteiger partial charge < -0.3 is 10.2 Å². The maximum Gasteiger partial charge on any atom is 0.244 e. The molecule has 2 rings (SSSR count). The number of benzene rings is 2. The lowest BCUT2D eigenvalue weighted by Crippen LogP contribution is -2.51. The average Bonchev–Trinajstić information content (AvgIpc) is 2.71. The summed E-state index contributed by atoms with van der Waals surface area (Å²) in [7, 11) is -3.75. The van der Waals surface area contributed by atoms with Gasteiger partial charge in [-0.3, -0.25) is 13.9 Å². The summed E-state index contributed by atoms with van der Waals surface area (Å²) in [5, 5.41) is 3.17. The van der Waals surface area contributed by atoms with Crippen molar-refractivity contribution in [3.05, 3.63) is 64.7 Å². The molecular weight excluding hydrogens is 438 g/mol. The van der Waals surface area contributed by atoms with Crippen LogP contribution in [-0.2, 0) is 26.2 Å². The van der Waals surface area contributed by atoms with Gasteiger partial charge in [0.2, 0.25) is 21.8 Å². The highest BCUT2D eigenvalue weighted by Crippen LogP contribution is 2.21. The monoisotopic (exact) mass is 465 g/mol. The fraction of sp³-hybridized carbons (Fsp3) is 0.364. The summed E-state index contributed by atoms with van der Waals surface area (Å²) in [4.78, 5) is 27.1. The summed E-state index contributed by atoms with van der Waals surface area (Å²) in [5.74, 6) is -0.792. The molecule has 0 radical (unpaired) electrons. The molecule has 1 atom stereocenters. The number of hydrogen-bond acceptors (Lipinski definition) is 4. The Hall–Kier alpha value is -2.58. The van der Waals surface area contributed by atoms with Crippen molar-refractivity contribution >= 4 is 39.1 Å². The van der Waals surface area contributed by atoms with Gasteiger partial charge in [-0.1, -0.05) is 41.4 Å². The summed E-state index contributed by atoms with van der Waals surface area (Å²) in [6, 6.07) is 13.0. The number of halogens is 1. The smallest absolute Gasteiger partial charge is 0.244 e. The van der Waals surface area contributed by atoms with E-state index in [0.717, 1.165) is 21.7 Å². The van der Waals surface area contributed by atoms with Gasteiger partial charge in [-0.25, -0.2) is 8.42 Å². The van der Waals surface area contributed by atoms with Crippen LogP contribution in [0, 0.1) is 6.92 Å². The van der Waals surface area contributed by atoms with Gasteiger partial charge in [0.05, 0.1) is 11.9 Å². The lowest BCUT2D eigenvalue weighted by Gasteiger charge is -2.31. The molecule has 0 fully saturated rings. The van der Waals surface area contributed by atoms with Gasteiger partial charge in [0.1, 0.15) is 12.6 Å². The third-order valence-corrected chi connectivity index (χ3v) is 6.18. The number of nitrogens with one attached hydrogen (secondary N) is 1. The molecule has 0 saturated carbocycles. The molecule has 0 aliphatic rings. The molecule has 0 spiro atoms. The van der Waals surface area contributed by atoms with E-state index in [4.69, 9.17) is 11.6 Å². The van der Waals surface area contributed by atoms with E-state index in [0.29, 0.717) is 17.3 Å². The van der Waals surface area contributed by atoms with E-state index in [9.17, 15) is 18.0 Å². The number of carbonyl (C=O) groups excluding carboxylic acids is 2. The number of hydrogen-bond donors (Lipinski definition) is 1. The zero-order valence-electron chi connectivity index (χ0n) is 18.1. The van der Waals surface area contributed by atoms with E-state index < -0.39 is 28.5 Å². The molecule has 0 aromatic heterocycles. The van der Waals surface area contributed by atoms with Crippen LogP contribution in [0.25, 0.3) is 0 Å². The number of anilines is 1. The minimum absolute atomic E-state index is 0.176. The zero-order valence-corrected chi connectivity index (χ0v) is 19.7. The van der Waals surface area contributed by atoms with E-state index in [-0.39, 0.29) is 12.5 Å². The van der Waals surface area contributed by atoms with Crippen LogP contribution in [0.2, 0.25) is 5.02 Å². The second-order valence-electron chi connectivity index (χ2n) is 7.32. The van der Waals surface area contributed by atoms with Crippen molar-refractivity contribution in [3.8, 4) is 0 Å². The first kappa shape index (κ1) is 24.7. The van der Waals surface area contributed by atoms with Crippen LogP contribution in [-0.4, -0.2) is 50.5 Å². The molecule has 0 aliphatic heterocycles. The number of aryl methyl sites for hydroxylation is 1. The summed E-state index contributed by atoms with van der Waals surface area (Å²) >= 11 is 5.91. The predicted molar refractivity (Wildman–Crippen MR) is 124 cm³/mol. The van der Waals surface area contributed by atoms with E-state index in [1.54, 1.807) is 26.0 Å². The van der Waals surface area contributed by atoms with Gasteiger partial charge in [0, 0.05) is 18.1 Å². The number of sulfonamides is 1. The molecule has 0 aliphatic carbocycles. The molecule has 0 saturated heterocycles. The standard InChI is InChI=1S/C22H28ClN3O4S/c1-5-24-22(28)17(3)25(14-18-8-6-16(2)7-9-18)21(27)15-26(31(4,29)30)20-12-10-19(23)11-13-20/h6-13,17H,5,14-15H2,1-4H3,(H,24,28). The van der Waals surface area contributed by atoms with Crippen molar-refractivity contribution in [2.45, 2.75) is 33.4 Å². The minimum atomic E-state index is -3.75. The predicted octanol–water partition coefficient (Wildman–Crippen LogP) is 2.97. The third-order valence-electron chi connectivity index (χ3n) is 4.79. The number of nitrogens with zero attached hydrogens (tertiary/aromatic N) is 2. The quantitative estimate of drug-likeness (QED) is 0.616. The van der Waals surface area contributed by atoms with Crippen LogP contribution in [0.3, 0.4) is 0 Å². The summed E-state index contributed by atoms with van der Waals surface area (Å²) in [5.41, 5.74) is 2.23. The zero-order chi connectivity index (χ0) is 23.2. The van der Waals surface area contributed by atoms with E-state index in [1.807, 2.05) is 31.2 Å². The topological polar surface area (TPSA) is 86.8 Å². The van der Waals surface area contributed by atoms with Crippen molar-refractivity contribution in [3.63, 3.8) is 0 Å². The molecule has 2 amide bonds. The highest BCUT2D eigenvalue weighted by molar-refractivity contribution is 7.92. The van der Waals surface area contributed by atoms with Gasteiger partial charge in [-0.15, -0.1) is 0 Å². The number of amides is 2. The maximum atomic E-state index is 13.3. The Bertz CT molecular complexity index is 1010. The van der Waals surface area contributed by atoms with Crippen molar-refractivity contribution in [2.24, 2.45) is 0 Å². The van der Waals surface area contributed by atoms with Crippen molar-refractivity contribution in [2.75, 3.05) is 23.7 Å². The molecule has 7 nitrogen and oxygen atoms in total. The van der Waals surface area contributed by atoms with Gasteiger partial charge in [-0.05, 0) is 50.6 Å². The fourth-order valence-corrected chi connectivity index (χ4v) is 3.99. The van der Waals surface area contributed by atoms with Gasteiger partial charge in [-0.2, -0.15) is 0 Å². The van der Waals surface area contributed by atoms with Crippen LogP contribution >= 0.6 is 11.6 Å². The lowest BCUT2D eigenvalue weighted by molar-refractivity contribution is -0.139. The van der Waals surface area contributed by atoms with Crippen LogP contribution in [0.5, 0.6) is 0 Å². The second kappa shape index (κ2) is 10.6. The van der Waals surface area contributed by atoms with Crippen LogP contribution in [0.4, 0.5) is 5.69 Å². The highest BCUT2D eigenvalue weighted by Gasteiger charge is 2.29. The average molecular weight is 466 g/mol. The Morgan fingerprint density at radius 3 is 2.16 bits per heavy atom. The fourth-order valence-electron chi connectivity index (χ4n) is 3.02. The van der Waals surface area contributed by atoms with Gasteiger partial charge in [0.15, 0.2) is 0 Å². The molecule has 0 bridgehead atoms. The van der Waals surface area contributed by atoms with Crippen LogP contribution in [0.15, 0.2) is 48.5 Å². The Kier molecular flexibility index (Phi) is 8.47. The Balaban J connectivity index is 2.35. The third kappa shape index (κ3) is 6.97. The Morgan fingerprint density at radius 2 is 1.65 bits per heavy atom. The van der Waals surface area contributed by atoms with Crippen molar-refractivity contribution in [1.29, 1.82) is 0 Å². The Morgan fingerprint density at radius 1 is 1.06 bits per heavy atom. The molecule has 9 heteroatoms. The molecule has 2 aromatic carbocycles. The first-order valence-corrected chi connectivity index (χ1v) is 12.1. The van der Waals surface area contributed by atoms with E-state index in [2.05, 4.69) is 5.32 Å². The number of carbonyl (C=O) groups is 2. The second-order valence-corrected chi connectivity index (χ2v) is 9.67. The molecule has 2 aromatic rings. The van der Waals surface area contributed by atoms with Crippen LogP contribution in [0.1, 0.15) is 25.0 Å². The normalized spacial score (nSPS) is 12.2. The largest absolute Gasteiger partial charge is 0.355 e. The molecule has 0 heterocycles. The summed E-state index contributed by atoms with van der Waals surface area (Å²) in [6.07, 6.45) is 1.03. The van der Waals surface area contributed by atoms with Gasteiger partial charge >= 0.3 is 0 Å². The van der Waals surface area contributed by atoms with Gasteiger partial charge in [0.25, 0.3) is 0 Å². The number of rotatable bonds is 9. The van der Waals surface area contributed by atoms with Crippen molar-refractivity contribution in [1.82, 2.24) is 10.2 Å². The van der Waals surface area contributed by atoms with Crippen LogP contribution < -0.4 is 9.62 Å². The molecular formula is C22H28ClN3O4S. The first-order chi connectivity index (χ1) is 14.5. The maximum absolute atomic E-state index is 13.3. The minimum Gasteiger partial charge on any atom is -0.355 e. The highest BCUT2D eigenvalue weighted by atomic mass is 35.5. The number of likely N-dealkylation sites (N-methyl/N-ethyl adjacent to an activating group) is 1. The molecule has 1 unspecified atom stereocenters. The summed E-state index contributed by atoms with van der Waals surface area (Å²) in [6.45, 7) is 5.55. The van der Waals surface area contributed by atoms with E-state index in [1.165, 1.54) is 17.0 Å². The van der Waals surface area contributed by atoms with E-state index >= 15 is 0 Å². The first-order valence-electron chi connectivity index (χ1n) is 9.89. The molecule has 1 N–H and O–H groups in total. The lowest BCUT2D eigenvalue weighted by atomic mass is 10.1. The van der Waals surface area contributed by atoms with Crippen molar-refractivity contribution < 1.29 is 18.0 Å². The summed E-state index contributed by atoms with van der Waals surface area (Å²) < 4.78 is 25.9. The molecule has 168 valence electrons.